The van der Waals surface area contributed by atoms with Crippen LogP contribution in [0, 0.1) is 6.92 Å². The number of aliphatic carboxylic acids is 1. The maximum Gasteiger partial charge on any atom is 0.321 e. The first-order valence-corrected chi connectivity index (χ1v) is 8.62. The number of anilines is 1. The molecule has 2 aromatic carbocycles. The van der Waals surface area contributed by atoms with Gasteiger partial charge in [0.15, 0.2) is 0 Å². The molecule has 4 N–H and O–H groups in total. The van der Waals surface area contributed by atoms with Gasteiger partial charge in [0.1, 0.15) is 6.04 Å². The fourth-order valence-electron chi connectivity index (χ4n) is 2.53. The van der Waals surface area contributed by atoms with Crippen LogP contribution in [0.25, 0.3) is 0 Å². The molecule has 138 valence electrons. The average molecular weight is 355 g/mol. The van der Waals surface area contributed by atoms with E-state index < -0.39 is 12.0 Å². The van der Waals surface area contributed by atoms with Crippen molar-refractivity contribution in [1.29, 1.82) is 0 Å². The predicted molar refractivity (Wildman–Crippen MR) is 102 cm³/mol. The summed E-state index contributed by atoms with van der Waals surface area (Å²) in [6.45, 7) is 3.72. The van der Waals surface area contributed by atoms with Gasteiger partial charge in [0.25, 0.3) is 0 Å². The summed E-state index contributed by atoms with van der Waals surface area (Å²) in [5, 5.41) is 18.2. The zero-order valence-electron chi connectivity index (χ0n) is 14.9. The maximum atomic E-state index is 12.1. The molecular formula is C20H25N3O3. The fourth-order valence-corrected chi connectivity index (χ4v) is 2.53. The standard InChI is InChI=1S/C20H25N3O3/c1-15-6-5-9-17(12-15)23-19(24)13-18(20(25)26)22-11-10-21-14-16-7-3-2-4-8-16/h2-9,12,18,21-22H,10-11,13-14H2,1H3,(H,23,24)(H,25,26). The van der Waals surface area contributed by atoms with Gasteiger partial charge < -0.3 is 21.1 Å². The minimum Gasteiger partial charge on any atom is -0.480 e. The number of nitrogens with one attached hydrogen (secondary N) is 3. The molecule has 2 rings (SSSR count). The van der Waals surface area contributed by atoms with Gasteiger partial charge >= 0.3 is 5.97 Å². The van der Waals surface area contributed by atoms with Crippen molar-refractivity contribution in [3.63, 3.8) is 0 Å². The summed E-state index contributed by atoms with van der Waals surface area (Å²) in [6.07, 6.45) is -0.123. The molecule has 0 heterocycles. The highest BCUT2D eigenvalue weighted by Crippen LogP contribution is 2.10. The molecule has 0 aliphatic heterocycles. The summed E-state index contributed by atoms with van der Waals surface area (Å²) in [4.78, 5) is 23.4. The number of aryl methyl sites for hydroxylation is 1. The second-order valence-corrected chi connectivity index (χ2v) is 6.13. The quantitative estimate of drug-likeness (QED) is 0.490. The number of hydrogen-bond donors (Lipinski definition) is 4. The summed E-state index contributed by atoms with van der Waals surface area (Å²) in [6, 6.07) is 16.4. The SMILES string of the molecule is Cc1cccc(NC(=O)CC(NCCNCc2ccccc2)C(=O)O)c1. The van der Waals surface area contributed by atoms with Crippen LogP contribution in [-0.4, -0.2) is 36.1 Å². The van der Waals surface area contributed by atoms with Crippen molar-refractivity contribution in [2.24, 2.45) is 0 Å². The van der Waals surface area contributed by atoms with Gasteiger partial charge in [-0.05, 0) is 30.2 Å². The highest BCUT2D eigenvalue weighted by Gasteiger charge is 2.20. The third kappa shape index (κ3) is 7.04. The van der Waals surface area contributed by atoms with E-state index >= 15 is 0 Å². The minimum absolute atomic E-state index is 0.123. The number of carboxylic acid groups (broad SMARTS) is 1. The molecule has 0 bridgehead atoms. The van der Waals surface area contributed by atoms with Crippen LogP contribution in [-0.2, 0) is 16.1 Å². The smallest absolute Gasteiger partial charge is 0.321 e. The Morgan fingerprint density at radius 2 is 1.81 bits per heavy atom. The van der Waals surface area contributed by atoms with Crippen LogP contribution in [0.2, 0.25) is 0 Å². The molecule has 26 heavy (non-hydrogen) atoms. The number of carboxylic acids is 1. The van der Waals surface area contributed by atoms with E-state index in [4.69, 9.17) is 0 Å². The van der Waals surface area contributed by atoms with Gasteiger partial charge in [-0.1, -0.05) is 42.5 Å². The van der Waals surface area contributed by atoms with Crippen LogP contribution in [0.1, 0.15) is 17.5 Å². The van der Waals surface area contributed by atoms with E-state index in [1.54, 1.807) is 6.07 Å². The molecule has 6 heteroatoms. The molecule has 0 aliphatic rings. The Kier molecular flexibility index (Phi) is 7.79. The third-order valence-corrected chi connectivity index (χ3v) is 3.85. The average Bonchev–Trinajstić information content (AvgIpc) is 2.61. The van der Waals surface area contributed by atoms with Crippen molar-refractivity contribution in [2.45, 2.75) is 25.9 Å². The first kappa shape index (κ1) is 19.6. The van der Waals surface area contributed by atoms with Crippen molar-refractivity contribution in [3.05, 3.63) is 65.7 Å². The van der Waals surface area contributed by atoms with Crippen LogP contribution in [0.15, 0.2) is 54.6 Å². The first-order valence-electron chi connectivity index (χ1n) is 8.62. The van der Waals surface area contributed by atoms with E-state index in [0.29, 0.717) is 25.3 Å². The molecule has 0 saturated heterocycles. The van der Waals surface area contributed by atoms with E-state index in [1.807, 2.05) is 55.5 Å². The molecule has 1 amide bonds. The van der Waals surface area contributed by atoms with Crippen LogP contribution >= 0.6 is 0 Å². The summed E-state index contributed by atoms with van der Waals surface area (Å²) < 4.78 is 0. The lowest BCUT2D eigenvalue weighted by Crippen LogP contribution is -2.42. The zero-order chi connectivity index (χ0) is 18.8. The van der Waals surface area contributed by atoms with E-state index in [1.165, 1.54) is 5.56 Å². The van der Waals surface area contributed by atoms with Crippen molar-refractivity contribution >= 4 is 17.6 Å². The number of amides is 1. The van der Waals surface area contributed by atoms with Gasteiger partial charge in [-0.3, -0.25) is 9.59 Å². The molecule has 0 radical (unpaired) electrons. The van der Waals surface area contributed by atoms with Crippen molar-refractivity contribution in [1.82, 2.24) is 10.6 Å². The molecule has 0 aliphatic carbocycles. The van der Waals surface area contributed by atoms with Gasteiger partial charge in [0, 0.05) is 25.3 Å². The summed E-state index contributed by atoms with van der Waals surface area (Å²) in [7, 11) is 0. The van der Waals surface area contributed by atoms with Gasteiger partial charge in [0.2, 0.25) is 5.91 Å². The Bertz CT molecular complexity index is 719. The van der Waals surface area contributed by atoms with Crippen molar-refractivity contribution < 1.29 is 14.7 Å². The van der Waals surface area contributed by atoms with Crippen LogP contribution in [0.5, 0.6) is 0 Å². The Morgan fingerprint density at radius 1 is 1.04 bits per heavy atom. The Labute approximate surface area is 153 Å². The van der Waals surface area contributed by atoms with Crippen LogP contribution in [0.3, 0.4) is 0 Å². The molecular weight excluding hydrogens is 330 g/mol. The van der Waals surface area contributed by atoms with Gasteiger partial charge in [-0.15, -0.1) is 0 Å². The highest BCUT2D eigenvalue weighted by molar-refractivity contribution is 5.94. The molecule has 2 aromatic rings. The molecule has 0 aromatic heterocycles. The number of rotatable bonds is 10. The lowest BCUT2D eigenvalue weighted by Gasteiger charge is -2.15. The maximum absolute atomic E-state index is 12.1. The second-order valence-electron chi connectivity index (χ2n) is 6.13. The third-order valence-electron chi connectivity index (χ3n) is 3.85. The predicted octanol–water partition coefficient (Wildman–Crippen LogP) is 2.16. The molecule has 0 fully saturated rings. The molecule has 6 nitrogen and oxygen atoms in total. The van der Waals surface area contributed by atoms with Crippen LogP contribution < -0.4 is 16.0 Å². The summed E-state index contributed by atoms with van der Waals surface area (Å²) in [5.41, 5.74) is 2.86. The normalized spacial score (nSPS) is 11.7. The van der Waals surface area contributed by atoms with E-state index in [-0.39, 0.29) is 12.3 Å². The largest absolute Gasteiger partial charge is 0.480 e. The number of carbonyl (C=O) groups excluding carboxylic acids is 1. The Hall–Kier alpha value is -2.70. The fraction of sp³-hybridized carbons (Fsp3) is 0.300. The molecule has 0 saturated carbocycles. The van der Waals surface area contributed by atoms with Crippen LogP contribution in [0.4, 0.5) is 5.69 Å². The minimum atomic E-state index is -1.03. The monoisotopic (exact) mass is 355 g/mol. The molecule has 1 atom stereocenters. The first-order chi connectivity index (χ1) is 12.5. The second kappa shape index (κ2) is 10.3. The van der Waals surface area contributed by atoms with E-state index in [0.717, 1.165) is 5.56 Å². The lowest BCUT2D eigenvalue weighted by atomic mass is 10.1. The van der Waals surface area contributed by atoms with Crippen molar-refractivity contribution in [2.75, 3.05) is 18.4 Å². The van der Waals surface area contributed by atoms with Gasteiger partial charge in [-0.2, -0.15) is 0 Å². The Morgan fingerprint density at radius 3 is 2.50 bits per heavy atom. The zero-order valence-corrected chi connectivity index (χ0v) is 14.9. The van der Waals surface area contributed by atoms with Gasteiger partial charge in [0.05, 0.1) is 6.42 Å². The number of hydrogen-bond acceptors (Lipinski definition) is 4. The lowest BCUT2D eigenvalue weighted by molar-refractivity contribution is -0.141. The van der Waals surface area contributed by atoms with E-state index in [9.17, 15) is 14.7 Å². The molecule has 0 spiro atoms. The van der Waals surface area contributed by atoms with Crippen molar-refractivity contribution in [3.8, 4) is 0 Å². The summed E-state index contributed by atoms with van der Waals surface area (Å²) >= 11 is 0. The Balaban J connectivity index is 1.72. The molecule has 1 unspecified atom stereocenters. The topological polar surface area (TPSA) is 90.5 Å². The summed E-state index contributed by atoms with van der Waals surface area (Å²) in [5.74, 6) is -1.36. The highest BCUT2D eigenvalue weighted by atomic mass is 16.4. The number of carbonyl (C=O) groups is 2. The van der Waals surface area contributed by atoms with E-state index in [2.05, 4.69) is 16.0 Å². The number of benzene rings is 2. The van der Waals surface area contributed by atoms with Gasteiger partial charge in [-0.25, -0.2) is 0 Å².